The van der Waals surface area contributed by atoms with Crippen LogP contribution in [-0.2, 0) is 14.3 Å². The van der Waals surface area contributed by atoms with E-state index in [0.717, 1.165) is 4.90 Å². The molecule has 0 radical (unpaired) electrons. The number of rotatable bonds is 2. The van der Waals surface area contributed by atoms with Crippen molar-refractivity contribution in [3.63, 3.8) is 0 Å². The third kappa shape index (κ3) is 2.23. The average molecular weight is 281 g/mol. The van der Waals surface area contributed by atoms with Crippen LogP contribution in [0.3, 0.4) is 0 Å². The van der Waals surface area contributed by atoms with Gasteiger partial charge in [-0.2, -0.15) is 0 Å². The first-order valence-electron chi connectivity index (χ1n) is 6.07. The highest BCUT2D eigenvalue weighted by molar-refractivity contribution is 6.06. The maximum Gasteiger partial charge on any atom is 0.236 e. The van der Waals surface area contributed by atoms with Gasteiger partial charge in [-0.15, -0.1) is 5.92 Å². The number of carbonyl (C=O) groups excluding carboxylic acids is 2. The van der Waals surface area contributed by atoms with Crippen LogP contribution in [0.5, 0.6) is 0 Å². The van der Waals surface area contributed by atoms with Crippen molar-refractivity contribution in [3.05, 3.63) is 12.3 Å². The molecule has 3 N–H and O–H groups in total. The number of allylic oxidation sites excluding steroid dienone is 1. The Morgan fingerprint density at radius 2 is 2.25 bits per heavy atom. The lowest BCUT2D eigenvalue weighted by molar-refractivity contribution is -0.153. The third-order valence-corrected chi connectivity index (χ3v) is 3.28. The molecule has 0 saturated carbocycles. The summed E-state index contributed by atoms with van der Waals surface area (Å²) in [5.74, 6) is 3.97. The minimum Gasteiger partial charge on any atom is -0.394 e. The molecule has 0 unspecified atom stereocenters. The van der Waals surface area contributed by atoms with Gasteiger partial charge in [0, 0.05) is 6.20 Å². The van der Waals surface area contributed by atoms with E-state index in [1.54, 1.807) is 0 Å². The van der Waals surface area contributed by atoms with Crippen LogP contribution in [0.4, 0.5) is 0 Å². The molecule has 4 atom stereocenters. The van der Waals surface area contributed by atoms with Gasteiger partial charge < -0.3 is 20.1 Å². The monoisotopic (exact) mass is 281 g/mol. The molecule has 7 heteroatoms. The van der Waals surface area contributed by atoms with Crippen LogP contribution in [-0.4, -0.2) is 62.6 Å². The smallest absolute Gasteiger partial charge is 0.236 e. The largest absolute Gasteiger partial charge is 0.394 e. The zero-order valence-corrected chi connectivity index (χ0v) is 10.8. The van der Waals surface area contributed by atoms with Crippen LogP contribution >= 0.6 is 0 Å². The fraction of sp³-hybridized carbons (Fsp3) is 0.538. The summed E-state index contributed by atoms with van der Waals surface area (Å²) in [7, 11) is 0. The molecule has 7 nitrogen and oxygen atoms in total. The van der Waals surface area contributed by atoms with E-state index >= 15 is 0 Å². The number of aliphatic hydroxyl groups excluding tert-OH is 2. The number of ketones is 1. The maximum atomic E-state index is 11.9. The second kappa shape index (κ2) is 5.34. The van der Waals surface area contributed by atoms with E-state index in [2.05, 4.69) is 11.8 Å². The first-order chi connectivity index (χ1) is 9.43. The zero-order valence-electron chi connectivity index (χ0n) is 10.8. The van der Waals surface area contributed by atoms with E-state index in [9.17, 15) is 19.8 Å². The molecule has 0 aromatic heterocycles. The topological polar surface area (TPSA) is 107 Å². The van der Waals surface area contributed by atoms with Crippen molar-refractivity contribution < 1.29 is 29.6 Å². The third-order valence-electron chi connectivity index (χ3n) is 3.28. The van der Waals surface area contributed by atoms with E-state index in [1.165, 1.54) is 19.2 Å². The number of hydrogen-bond donors (Lipinski definition) is 3. The van der Waals surface area contributed by atoms with E-state index in [4.69, 9.17) is 9.84 Å². The van der Waals surface area contributed by atoms with E-state index in [-0.39, 0.29) is 12.2 Å². The van der Waals surface area contributed by atoms with Crippen LogP contribution in [0.25, 0.3) is 0 Å². The lowest BCUT2D eigenvalue weighted by Crippen LogP contribution is -2.55. The molecule has 2 rings (SSSR count). The first-order valence-corrected chi connectivity index (χ1v) is 6.07. The molecule has 0 spiro atoms. The molecular formula is C13H15NO6. The minimum absolute atomic E-state index is 0.341. The number of carbonyl (C=O) groups is 2. The Bertz CT molecular complexity index is 519. The fourth-order valence-electron chi connectivity index (χ4n) is 2.28. The van der Waals surface area contributed by atoms with Crippen molar-refractivity contribution in [1.29, 1.82) is 0 Å². The number of amides is 1. The van der Waals surface area contributed by atoms with Crippen LogP contribution in [0.1, 0.15) is 13.3 Å². The molecule has 0 aromatic carbocycles. The summed E-state index contributed by atoms with van der Waals surface area (Å²) < 4.78 is 5.33. The summed E-state index contributed by atoms with van der Waals surface area (Å²) in [5.41, 5.74) is -2.03. The fourth-order valence-corrected chi connectivity index (χ4v) is 2.28. The molecule has 1 fully saturated rings. The molecule has 2 aliphatic heterocycles. The molecule has 1 amide bonds. The number of hydrogen-bond acceptors (Lipinski definition) is 6. The van der Waals surface area contributed by atoms with E-state index < -0.39 is 36.6 Å². The lowest BCUT2D eigenvalue weighted by Gasteiger charge is -2.33. The van der Waals surface area contributed by atoms with Crippen LogP contribution in [0.2, 0.25) is 0 Å². The van der Waals surface area contributed by atoms with Crippen molar-refractivity contribution in [2.45, 2.75) is 37.4 Å². The predicted octanol–water partition coefficient (Wildman–Crippen LogP) is -1.87. The van der Waals surface area contributed by atoms with Crippen molar-refractivity contribution >= 4 is 11.7 Å². The maximum absolute atomic E-state index is 11.9. The standard InChI is InChI=1S/C13H15NO6/c1-2-4-13(19)11(18)9(7-15)20-12(13)14-5-3-8(16)6-10(14)17/h3,5,9,11-12,15,18-19H,6-7H2,1H3/t9-,11-,12-,13-/m1/s1. The van der Waals surface area contributed by atoms with Gasteiger partial charge in [0.15, 0.2) is 17.6 Å². The van der Waals surface area contributed by atoms with Gasteiger partial charge in [-0.3, -0.25) is 14.5 Å². The Labute approximate surface area is 115 Å². The average Bonchev–Trinajstić information content (AvgIpc) is 2.63. The van der Waals surface area contributed by atoms with Crippen molar-refractivity contribution in [1.82, 2.24) is 4.90 Å². The summed E-state index contributed by atoms with van der Waals surface area (Å²) >= 11 is 0. The Balaban J connectivity index is 2.38. The van der Waals surface area contributed by atoms with Crippen LogP contribution in [0.15, 0.2) is 12.3 Å². The molecule has 2 heterocycles. The molecule has 2 aliphatic rings. The normalized spacial score (nSPS) is 37.0. The van der Waals surface area contributed by atoms with Crippen LogP contribution < -0.4 is 0 Å². The highest BCUT2D eigenvalue weighted by Gasteiger charge is 2.57. The summed E-state index contributed by atoms with van der Waals surface area (Å²) in [6.45, 7) is 0.932. The van der Waals surface area contributed by atoms with Gasteiger partial charge in [0.25, 0.3) is 0 Å². The zero-order chi connectivity index (χ0) is 14.9. The highest BCUT2D eigenvalue weighted by Crippen LogP contribution is 2.34. The molecule has 0 aliphatic carbocycles. The molecule has 108 valence electrons. The van der Waals surface area contributed by atoms with Crippen LogP contribution in [0, 0.1) is 11.8 Å². The Kier molecular flexibility index (Phi) is 3.92. The summed E-state index contributed by atoms with van der Waals surface area (Å²) in [5, 5.41) is 29.6. The molecule has 1 saturated heterocycles. The highest BCUT2D eigenvalue weighted by atomic mass is 16.6. The Morgan fingerprint density at radius 3 is 2.80 bits per heavy atom. The van der Waals surface area contributed by atoms with E-state index in [1.807, 2.05) is 0 Å². The summed E-state index contributed by atoms with van der Waals surface area (Å²) in [6.07, 6.45) is -1.78. The van der Waals surface area contributed by atoms with Gasteiger partial charge in [-0.05, 0) is 13.0 Å². The van der Waals surface area contributed by atoms with E-state index in [0.29, 0.717) is 0 Å². The second-order valence-corrected chi connectivity index (χ2v) is 4.61. The van der Waals surface area contributed by atoms with Gasteiger partial charge in [0.05, 0.1) is 13.0 Å². The number of nitrogens with zero attached hydrogens (tertiary/aromatic N) is 1. The predicted molar refractivity (Wildman–Crippen MR) is 65.8 cm³/mol. The van der Waals surface area contributed by atoms with Crippen molar-refractivity contribution in [3.8, 4) is 11.8 Å². The first kappa shape index (κ1) is 14.7. The van der Waals surface area contributed by atoms with Gasteiger partial charge in [-0.1, -0.05) is 5.92 Å². The summed E-state index contributed by atoms with van der Waals surface area (Å²) in [4.78, 5) is 24.0. The van der Waals surface area contributed by atoms with Gasteiger partial charge in [0.1, 0.15) is 12.2 Å². The van der Waals surface area contributed by atoms with Crippen molar-refractivity contribution in [2.24, 2.45) is 0 Å². The lowest BCUT2D eigenvalue weighted by atomic mass is 9.93. The Morgan fingerprint density at radius 1 is 1.55 bits per heavy atom. The number of ether oxygens (including phenoxy) is 1. The molecular weight excluding hydrogens is 266 g/mol. The quantitative estimate of drug-likeness (QED) is 0.404. The van der Waals surface area contributed by atoms with Gasteiger partial charge in [-0.25, -0.2) is 0 Å². The molecule has 0 aromatic rings. The SMILES string of the molecule is CC#C[C@@]1(O)[C@H](O)[C@@H](CO)O[C@H]1N1C=CC(=O)CC1=O. The Hall–Kier alpha value is -1.72. The second-order valence-electron chi connectivity index (χ2n) is 4.61. The minimum atomic E-state index is -2.03. The van der Waals surface area contributed by atoms with Crippen molar-refractivity contribution in [2.75, 3.05) is 6.61 Å². The molecule has 0 bridgehead atoms. The van der Waals surface area contributed by atoms with Gasteiger partial charge in [0.2, 0.25) is 5.91 Å². The molecule has 20 heavy (non-hydrogen) atoms. The summed E-state index contributed by atoms with van der Waals surface area (Å²) in [6, 6.07) is 0. The van der Waals surface area contributed by atoms with Gasteiger partial charge >= 0.3 is 0 Å². The number of aliphatic hydroxyl groups is 3.